The summed E-state index contributed by atoms with van der Waals surface area (Å²) >= 11 is 0. The van der Waals surface area contributed by atoms with Gasteiger partial charge in [-0.1, -0.05) is 34.6 Å². The third kappa shape index (κ3) is 22.8. The molecule has 0 bridgehead atoms. The number of aliphatic hydroxyl groups is 1. The number of anilines is 3. The fraction of sp³-hybridized carbons (Fsp3) is 0.533. The molecule has 0 radical (unpaired) electrons. The Kier molecular flexibility index (Phi) is 30.3. The van der Waals surface area contributed by atoms with Crippen molar-refractivity contribution in [2.45, 2.75) is 65.7 Å². The van der Waals surface area contributed by atoms with Crippen LogP contribution in [0.3, 0.4) is 0 Å². The lowest BCUT2D eigenvalue weighted by Crippen LogP contribution is -2.41. The fourth-order valence-electron chi connectivity index (χ4n) is 4.92. The molecule has 24 nitrogen and oxygen atoms in total. The zero-order valence-electron chi connectivity index (χ0n) is 41.9. The van der Waals surface area contributed by atoms with Crippen molar-refractivity contribution in [1.29, 1.82) is 0 Å². The molecule has 390 valence electrons. The highest BCUT2D eigenvalue weighted by Crippen LogP contribution is 2.25. The molecule has 0 saturated carbocycles. The van der Waals surface area contributed by atoms with Crippen LogP contribution in [0, 0.1) is 32.1 Å². The molecule has 0 aromatic carbocycles. The summed E-state index contributed by atoms with van der Waals surface area (Å²) in [7, 11) is 0.377. The Morgan fingerprint density at radius 2 is 1.23 bits per heavy atom. The van der Waals surface area contributed by atoms with Crippen molar-refractivity contribution in [3.63, 3.8) is 0 Å². The van der Waals surface area contributed by atoms with Gasteiger partial charge in [-0.05, 0) is 43.5 Å². The van der Waals surface area contributed by atoms with Crippen LogP contribution in [0.2, 0.25) is 0 Å². The normalized spacial score (nSPS) is 14.6. The summed E-state index contributed by atoms with van der Waals surface area (Å²) in [6.45, 7) is 19.0. The molecule has 10 N–H and O–H groups in total. The second-order valence-corrected chi connectivity index (χ2v) is 15.6. The number of pyridine rings is 4. The number of H-pyrrole nitrogens is 1. The highest BCUT2D eigenvalue weighted by Gasteiger charge is 2.24. The van der Waals surface area contributed by atoms with Crippen molar-refractivity contribution in [2.24, 2.45) is 23.3 Å². The highest BCUT2D eigenvalue weighted by molar-refractivity contribution is 5.74. The number of methoxy groups -OCH3 is 1. The number of alkyl halides is 1. The van der Waals surface area contributed by atoms with Gasteiger partial charge in [-0.2, -0.15) is 0 Å². The number of aromatic nitrogens is 6. The first-order chi connectivity index (χ1) is 34.0. The molecule has 0 unspecified atom stereocenters. The molecule has 4 fully saturated rings. The predicted octanol–water partition coefficient (Wildman–Crippen LogP) is 4.76. The van der Waals surface area contributed by atoms with E-state index in [0.29, 0.717) is 49.9 Å². The molecule has 5 aromatic heterocycles. The maximum Gasteiger partial charge on any atom is 0.328 e. The molecule has 5 aromatic rings. The predicted molar refractivity (Wildman–Crippen MR) is 267 cm³/mol. The molecule has 0 atom stereocenters. The van der Waals surface area contributed by atoms with Gasteiger partial charge < -0.3 is 61.6 Å². The third-order valence-electron chi connectivity index (χ3n) is 9.52. The number of nitrogens with two attached hydrogens (primary N) is 3. The topological polar surface area (TPSA) is 344 Å². The number of imidazole rings is 1. The van der Waals surface area contributed by atoms with Crippen LogP contribution in [0.4, 0.5) is 32.8 Å². The average Bonchev–Trinajstić information content (AvgIpc) is 3.62. The van der Waals surface area contributed by atoms with E-state index in [2.05, 4.69) is 63.2 Å². The number of nitrogens with zero attached hydrogens (tertiary/aromatic N) is 7. The van der Waals surface area contributed by atoms with Gasteiger partial charge in [0.1, 0.15) is 18.1 Å². The monoisotopic (exact) mass is 991 g/mol. The summed E-state index contributed by atoms with van der Waals surface area (Å²) in [5.41, 5.74) is 19.4. The molecule has 0 spiro atoms. The molecule has 4 aliphatic rings. The number of aromatic amines is 1. The standard InChI is InChI=1S/C9H9N3O2.C8H9N3O3.C8H11N3O.C6H6N2O3.C6H14.C3H7NO.C2H7N.C2H6O.CH3F/c13-9-11-7-3-10-2-1-8(7)12(9)6-4-14-5-6;12-11(13)8-3-9-2-1-7(8)10-6-4-14-5-6;9-7-3-10-2-1-8(7)11-6-4-12-5-6;1-11-6-2-3-7-4-5(6)8(9)10;1-5(2)6(3)4;4-3-1-5-2-3;2*1-2-3;1-2/h1-3,6H,4-5H2,(H,11,13);1-3,6H,4-5H2,(H,9,10);1-3,6H,4-5,9H2,(H,10,11);2-4H,1H3;5-6H,1-4H3;3H,1-2,4H2;2-3H2,1H3;3H,2H2,1H3;1H3/i;;;;;;;;1D. The Labute approximate surface area is 408 Å². The van der Waals surface area contributed by atoms with E-state index in [1.54, 1.807) is 42.3 Å². The summed E-state index contributed by atoms with van der Waals surface area (Å²) in [5, 5.41) is 34.7. The van der Waals surface area contributed by atoms with Gasteiger partial charge in [0.05, 0.1) is 137 Å². The lowest BCUT2D eigenvalue weighted by molar-refractivity contribution is -0.386. The van der Waals surface area contributed by atoms with Crippen LogP contribution < -0.4 is 38.3 Å². The number of nitro groups is 2. The van der Waals surface area contributed by atoms with Crippen LogP contribution in [0.1, 0.15) is 49.0 Å². The van der Waals surface area contributed by atoms with Crippen molar-refractivity contribution < 1.29 is 44.4 Å². The van der Waals surface area contributed by atoms with Crippen LogP contribution in [0.15, 0.2) is 78.6 Å². The van der Waals surface area contributed by atoms with Crippen LogP contribution in [-0.4, -0.2) is 143 Å². The Balaban J connectivity index is 0.000000422. The number of fused-ring (bicyclic) bond motifs is 1. The average molecular weight is 991 g/mol. The Hall–Kier alpha value is -6.48. The Bertz CT molecular complexity index is 2250. The van der Waals surface area contributed by atoms with Crippen LogP contribution in [0.25, 0.3) is 11.0 Å². The minimum atomic E-state index is -1.00. The SMILES string of the molecule is CC(C)C(C)C.CCN.CCO.COc1ccncc1[N+](=O)[O-].NC1COC1.Nc1cnccc1NC1COC1.O=[N+]([O-])c1cnccc1NC1COC1.O=c1[nH]c2cnccc2n1C1COC1.[2H]CF. The number of nitrogen functional groups attached to an aromatic ring is 1. The highest BCUT2D eigenvalue weighted by atomic mass is 19.1. The number of halogens is 1. The number of nitrogens with one attached hydrogen (secondary N) is 3. The minimum absolute atomic E-state index is 0.000556. The summed E-state index contributed by atoms with van der Waals surface area (Å²) in [5.74, 6) is 1.93. The summed E-state index contributed by atoms with van der Waals surface area (Å²) < 4.78 is 41.7. The van der Waals surface area contributed by atoms with Gasteiger partial charge in [-0.15, -0.1) is 0 Å². The van der Waals surface area contributed by atoms with E-state index in [-0.39, 0.29) is 41.5 Å². The van der Waals surface area contributed by atoms with Gasteiger partial charge in [0, 0.05) is 37.5 Å². The maximum absolute atomic E-state index is 11.6. The summed E-state index contributed by atoms with van der Waals surface area (Å²) in [6.07, 6.45) is 12.1. The second-order valence-electron chi connectivity index (χ2n) is 15.6. The van der Waals surface area contributed by atoms with Gasteiger partial charge in [-0.3, -0.25) is 49.1 Å². The first-order valence-electron chi connectivity index (χ1n) is 22.9. The first-order valence-corrected chi connectivity index (χ1v) is 22.2. The van der Waals surface area contributed by atoms with Crippen LogP contribution in [-0.2, 0) is 18.9 Å². The Morgan fingerprint density at radius 3 is 1.61 bits per heavy atom. The van der Waals surface area contributed by atoms with E-state index in [0.717, 1.165) is 67.7 Å². The van der Waals surface area contributed by atoms with Crippen LogP contribution in [0.5, 0.6) is 5.75 Å². The van der Waals surface area contributed by atoms with Gasteiger partial charge in [-0.25, -0.2) is 4.79 Å². The Morgan fingerprint density at radius 1 is 0.814 bits per heavy atom. The third-order valence-corrected chi connectivity index (χ3v) is 9.52. The molecule has 9 rings (SSSR count). The molecule has 70 heavy (non-hydrogen) atoms. The van der Waals surface area contributed by atoms with Crippen molar-refractivity contribution in [1.82, 2.24) is 29.5 Å². The van der Waals surface area contributed by atoms with Gasteiger partial charge >= 0.3 is 17.1 Å². The van der Waals surface area contributed by atoms with Crippen molar-refractivity contribution in [2.75, 3.05) is 96.6 Å². The number of rotatable bonds is 9. The molecule has 0 amide bonds. The summed E-state index contributed by atoms with van der Waals surface area (Å²) in [6, 6.07) is 7.85. The van der Waals surface area contributed by atoms with Crippen molar-refractivity contribution >= 4 is 39.5 Å². The number of aliphatic hydroxyl groups excluding tert-OH is 1. The first kappa shape index (κ1) is 59.6. The van der Waals surface area contributed by atoms with Gasteiger partial charge in [0.15, 0.2) is 5.75 Å². The van der Waals surface area contributed by atoms with E-state index >= 15 is 0 Å². The zero-order valence-corrected chi connectivity index (χ0v) is 40.9. The maximum atomic E-state index is 11.6. The quantitative estimate of drug-likeness (QED) is 0.0773. The lowest BCUT2D eigenvalue weighted by Gasteiger charge is -2.28. The van der Waals surface area contributed by atoms with Crippen molar-refractivity contribution in [3.8, 4) is 5.75 Å². The van der Waals surface area contributed by atoms with Crippen molar-refractivity contribution in [3.05, 3.63) is 105 Å². The van der Waals surface area contributed by atoms with Gasteiger partial charge in [0.2, 0.25) is 0 Å². The molecule has 9 heterocycles. The fourth-order valence-corrected chi connectivity index (χ4v) is 4.92. The summed E-state index contributed by atoms with van der Waals surface area (Å²) in [4.78, 5) is 49.4. The van der Waals surface area contributed by atoms with E-state index < -0.39 is 17.0 Å². The zero-order chi connectivity index (χ0) is 53.1. The van der Waals surface area contributed by atoms with Crippen LogP contribution >= 0.6 is 0 Å². The molecule has 4 aliphatic heterocycles. The lowest BCUT2D eigenvalue weighted by atomic mass is 10.0. The van der Waals surface area contributed by atoms with E-state index in [4.69, 9.17) is 47.4 Å². The largest absolute Gasteiger partial charge is 0.490 e. The number of hydrogen-bond acceptors (Lipinski definition) is 20. The molecule has 25 heteroatoms. The molecule has 4 saturated heterocycles. The van der Waals surface area contributed by atoms with E-state index in [1.165, 1.54) is 31.8 Å². The number of ether oxygens (including phenoxy) is 5. The minimum Gasteiger partial charge on any atom is -0.490 e. The number of hydrogen-bond donors (Lipinski definition) is 7. The molecular weight excluding hydrogens is 918 g/mol. The smallest absolute Gasteiger partial charge is 0.328 e. The van der Waals surface area contributed by atoms with E-state index in [1.807, 2.05) is 19.1 Å². The molecule has 0 aliphatic carbocycles. The second kappa shape index (κ2) is 35.6. The van der Waals surface area contributed by atoms with E-state index in [9.17, 15) is 29.4 Å². The molecular formula is C45H72FN13O11. The van der Waals surface area contributed by atoms with Gasteiger partial charge in [0.25, 0.3) is 0 Å².